The van der Waals surface area contributed by atoms with E-state index in [-0.39, 0.29) is 18.4 Å². The van der Waals surface area contributed by atoms with E-state index in [9.17, 15) is 9.59 Å². The van der Waals surface area contributed by atoms with Crippen molar-refractivity contribution in [2.24, 2.45) is 0 Å². The molecule has 0 aliphatic carbocycles. The van der Waals surface area contributed by atoms with Crippen molar-refractivity contribution in [1.82, 2.24) is 19.6 Å². The first kappa shape index (κ1) is 29.2. The average molecular weight is 511 g/mol. The van der Waals surface area contributed by atoms with Crippen LogP contribution in [0.3, 0.4) is 0 Å². The lowest BCUT2D eigenvalue weighted by molar-refractivity contribution is -0.137. The first-order valence-electron chi connectivity index (χ1n) is 12.8. The van der Waals surface area contributed by atoms with Gasteiger partial charge in [-0.15, -0.1) is 0 Å². The third kappa shape index (κ3) is 9.17. The van der Waals surface area contributed by atoms with Crippen LogP contribution in [0.2, 0.25) is 5.02 Å². The van der Waals surface area contributed by atoms with Crippen LogP contribution in [0.4, 0.5) is 0 Å². The molecule has 0 spiro atoms. The van der Waals surface area contributed by atoms with Gasteiger partial charge in [0.1, 0.15) is 0 Å². The number of rotatable bonds is 8. The van der Waals surface area contributed by atoms with Gasteiger partial charge in [-0.1, -0.05) is 38.8 Å². The SMILES string of the molecule is CCC.CCC(C)N1CCN(C(=O)CN2CCN(C(=O)COc3ccc(Cl)cc3OC)CC2)CC1. The summed E-state index contributed by atoms with van der Waals surface area (Å²) in [6.07, 6.45) is 2.38. The molecule has 198 valence electrons. The number of nitrogens with zero attached hydrogens (tertiary/aromatic N) is 4. The van der Waals surface area contributed by atoms with E-state index in [1.807, 2.05) is 4.90 Å². The average Bonchev–Trinajstić information content (AvgIpc) is 2.88. The van der Waals surface area contributed by atoms with Crippen LogP contribution in [0.1, 0.15) is 40.5 Å². The van der Waals surface area contributed by atoms with Gasteiger partial charge in [0.25, 0.3) is 5.91 Å². The second-order valence-corrected chi connectivity index (χ2v) is 9.56. The minimum absolute atomic E-state index is 0.0582. The second kappa shape index (κ2) is 15.2. The van der Waals surface area contributed by atoms with Crippen LogP contribution in [-0.4, -0.2) is 110 Å². The van der Waals surface area contributed by atoms with E-state index >= 15 is 0 Å². The number of hydrogen-bond acceptors (Lipinski definition) is 6. The highest BCUT2D eigenvalue weighted by atomic mass is 35.5. The molecule has 3 rings (SSSR count). The lowest BCUT2D eigenvalue weighted by atomic mass is 10.2. The Kier molecular flexibility index (Phi) is 12.7. The van der Waals surface area contributed by atoms with Gasteiger partial charge in [-0.3, -0.25) is 19.4 Å². The Morgan fingerprint density at radius 1 is 0.914 bits per heavy atom. The Hall–Kier alpha value is -2.03. The van der Waals surface area contributed by atoms with Gasteiger partial charge in [0.2, 0.25) is 5.91 Å². The van der Waals surface area contributed by atoms with E-state index in [2.05, 4.69) is 37.5 Å². The number of halogens is 1. The van der Waals surface area contributed by atoms with Crippen LogP contribution in [0.25, 0.3) is 0 Å². The van der Waals surface area contributed by atoms with E-state index in [0.717, 1.165) is 32.6 Å². The lowest BCUT2D eigenvalue weighted by Gasteiger charge is -2.39. The van der Waals surface area contributed by atoms with Crippen LogP contribution in [0, 0.1) is 0 Å². The Morgan fingerprint density at radius 2 is 1.49 bits per heavy atom. The van der Waals surface area contributed by atoms with Gasteiger partial charge < -0.3 is 19.3 Å². The molecule has 35 heavy (non-hydrogen) atoms. The third-order valence-electron chi connectivity index (χ3n) is 6.44. The molecular formula is C26H43ClN4O4. The third-order valence-corrected chi connectivity index (χ3v) is 6.68. The molecule has 2 aliphatic rings. The highest BCUT2D eigenvalue weighted by Gasteiger charge is 2.27. The first-order chi connectivity index (χ1) is 16.8. The minimum atomic E-state index is -0.0749. The van der Waals surface area contributed by atoms with Crippen LogP contribution in [-0.2, 0) is 9.59 Å². The van der Waals surface area contributed by atoms with Crippen molar-refractivity contribution < 1.29 is 19.1 Å². The van der Waals surface area contributed by atoms with E-state index in [1.165, 1.54) is 13.5 Å². The number of carbonyl (C=O) groups excluding carboxylic acids is 2. The zero-order chi connectivity index (χ0) is 25.8. The Labute approximate surface area is 216 Å². The van der Waals surface area contributed by atoms with Gasteiger partial charge in [-0.05, 0) is 25.5 Å². The molecule has 0 aromatic heterocycles. The number of benzene rings is 1. The summed E-state index contributed by atoms with van der Waals surface area (Å²) in [6, 6.07) is 5.62. The molecule has 9 heteroatoms. The van der Waals surface area contributed by atoms with Gasteiger partial charge in [-0.2, -0.15) is 0 Å². The van der Waals surface area contributed by atoms with E-state index in [4.69, 9.17) is 21.1 Å². The molecule has 0 N–H and O–H groups in total. The summed E-state index contributed by atoms with van der Waals surface area (Å²) >= 11 is 5.96. The van der Waals surface area contributed by atoms with Crippen LogP contribution in [0.5, 0.6) is 11.5 Å². The van der Waals surface area contributed by atoms with Crippen molar-refractivity contribution in [3.05, 3.63) is 23.2 Å². The number of amides is 2. The summed E-state index contributed by atoms with van der Waals surface area (Å²) in [6.45, 7) is 15.1. The number of hydrogen-bond donors (Lipinski definition) is 0. The van der Waals surface area contributed by atoms with Crippen molar-refractivity contribution in [2.75, 3.05) is 72.6 Å². The lowest BCUT2D eigenvalue weighted by Crippen LogP contribution is -2.55. The molecule has 1 aromatic carbocycles. The van der Waals surface area contributed by atoms with Crippen molar-refractivity contribution in [3.63, 3.8) is 0 Å². The number of ether oxygens (including phenoxy) is 2. The Balaban J connectivity index is 0.00000137. The number of piperazine rings is 2. The molecule has 2 fully saturated rings. The molecular weight excluding hydrogens is 468 g/mol. The summed E-state index contributed by atoms with van der Waals surface area (Å²) in [5.41, 5.74) is 0. The fraction of sp³-hybridized carbons (Fsp3) is 0.692. The Bertz CT molecular complexity index is 794. The number of methoxy groups -OCH3 is 1. The molecule has 0 bridgehead atoms. The molecule has 8 nitrogen and oxygen atoms in total. The summed E-state index contributed by atoms with van der Waals surface area (Å²) in [5.74, 6) is 1.10. The molecule has 1 atom stereocenters. The highest BCUT2D eigenvalue weighted by molar-refractivity contribution is 6.30. The molecule has 2 saturated heterocycles. The van der Waals surface area contributed by atoms with Crippen molar-refractivity contribution in [2.45, 2.75) is 46.6 Å². The van der Waals surface area contributed by atoms with E-state index in [1.54, 1.807) is 23.1 Å². The summed E-state index contributed by atoms with van der Waals surface area (Å²) in [4.78, 5) is 33.6. The van der Waals surface area contributed by atoms with Gasteiger partial charge >= 0.3 is 0 Å². The predicted molar refractivity (Wildman–Crippen MR) is 140 cm³/mol. The highest BCUT2D eigenvalue weighted by Crippen LogP contribution is 2.30. The summed E-state index contributed by atoms with van der Waals surface area (Å²) in [5, 5.41) is 0.545. The maximum Gasteiger partial charge on any atom is 0.260 e. The smallest absolute Gasteiger partial charge is 0.260 e. The maximum atomic E-state index is 12.7. The predicted octanol–water partition coefficient (Wildman–Crippen LogP) is 3.23. The topological polar surface area (TPSA) is 65.6 Å². The zero-order valence-electron chi connectivity index (χ0n) is 22.1. The normalized spacial score (nSPS) is 17.9. The van der Waals surface area contributed by atoms with Gasteiger partial charge in [0.15, 0.2) is 18.1 Å². The van der Waals surface area contributed by atoms with Crippen molar-refractivity contribution in [1.29, 1.82) is 0 Å². The molecule has 2 aliphatic heterocycles. The summed E-state index contributed by atoms with van der Waals surface area (Å²) in [7, 11) is 1.53. The van der Waals surface area contributed by atoms with E-state index in [0.29, 0.717) is 55.3 Å². The van der Waals surface area contributed by atoms with Gasteiger partial charge in [0, 0.05) is 69.5 Å². The van der Waals surface area contributed by atoms with Gasteiger partial charge in [-0.25, -0.2) is 0 Å². The van der Waals surface area contributed by atoms with Crippen LogP contribution >= 0.6 is 11.6 Å². The van der Waals surface area contributed by atoms with Crippen molar-refractivity contribution in [3.8, 4) is 11.5 Å². The standard InChI is InChI=1S/C23H35ClN4O4.C3H8/c1-4-18(2)26-11-13-27(14-12-26)22(29)16-25-7-9-28(10-8-25)23(30)17-32-20-6-5-19(24)15-21(20)31-3;1-3-2/h5-6,15,18H,4,7-14,16-17H2,1-3H3;3H2,1-2H3. The minimum Gasteiger partial charge on any atom is -0.493 e. The quantitative estimate of drug-likeness (QED) is 0.535. The zero-order valence-corrected chi connectivity index (χ0v) is 22.9. The van der Waals surface area contributed by atoms with Gasteiger partial charge in [0.05, 0.1) is 13.7 Å². The molecule has 0 radical (unpaired) electrons. The molecule has 1 aromatic rings. The molecule has 2 amide bonds. The second-order valence-electron chi connectivity index (χ2n) is 9.12. The van der Waals surface area contributed by atoms with Crippen LogP contribution in [0.15, 0.2) is 18.2 Å². The summed E-state index contributed by atoms with van der Waals surface area (Å²) < 4.78 is 10.9. The molecule has 2 heterocycles. The first-order valence-corrected chi connectivity index (χ1v) is 13.2. The number of carbonyl (C=O) groups is 2. The van der Waals surface area contributed by atoms with Crippen molar-refractivity contribution >= 4 is 23.4 Å². The monoisotopic (exact) mass is 510 g/mol. The van der Waals surface area contributed by atoms with Crippen LogP contribution < -0.4 is 9.47 Å². The largest absolute Gasteiger partial charge is 0.493 e. The Morgan fingerprint density at radius 3 is 2.06 bits per heavy atom. The fourth-order valence-corrected chi connectivity index (χ4v) is 4.27. The fourth-order valence-electron chi connectivity index (χ4n) is 4.11. The molecule has 1 unspecified atom stereocenters. The van der Waals surface area contributed by atoms with E-state index < -0.39 is 0 Å². The molecule has 0 saturated carbocycles. The maximum absolute atomic E-state index is 12.7.